The van der Waals surface area contributed by atoms with E-state index in [1.807, 2.05) is 16.3 Å². The number of likely N-dealkylation sites (tertiary alicyclic amines) is 1. The van der Waals surface area contributed by atoms with Crippen molar-refractivity contribution in [3.63, 3.8) is 0 Å². The summed E-state index contributed by atoms with van der Waals surface area (Å²) >= 11 is 5.19. The molecule has 0 saturated carbocycles. The van der Waals surface area contributed by atoms with E-state index in [0.717, 1.165) is 36.8 Å². The fraction of sp³-hybridized carbons (Fsp3) is 0.500. The fourth-order valence-corrected chi connectivity index (χ4v) is 3.13. The van der Waals surface area contributed by atoms with Crippen LogP contribution in [-0.2, 0) is 11.3 Å². The van der Waals surface area contributed by atoms with E-state index in [4.69, 9.17) is 0 Å². The highest BCUT2D eigenvalue weighted by Crippen LogP contribution is 2.25. The second-order valence-corrected chi connectivity index (χ2v) is 5.32. The summed E-state index contributed by atoms with van der Waals surface area (Å²) in [5, 5.41) is 2.05. The molecule has 1 amide bonds. The number of nitrogens with zero attached hydrogens (tertiary/aromatic N) is 1. The van der Waals surface area contributed by atoms with Crippen LogP contribution < -0.4 is 0 Å². The van der Waals surface area contributed by atoms with E-state index in [2.05, 4.69) is 15.9 Å². The Morgan fingerprint density at radius 1 is 1.50 bits per heavy atom. The summed E-state index contributed by atoms with van der Waals surface area (Å²) in [5.74, 6) is 0.302. The van der Waals surface area contributed by atoms with E-state index < -0.39 is 0 Å². The van der Waals surface area contributed by atoms with Gasteiger partial charge in [-0.15, -0.1) is 11.3 Å². The van der Waals surface area contributed by atoms with Gasteiger partial charge in [0.25, 0.3) is 0 Å². The molecule has 1 aliphatic rings. The van der Waals surface area contributed by atoms with Crippen molar-refractivity contribution >= 4 is 33.2 Å². The third kappa shape index (κ3) is 2.17. The molecule has 1 aromatic rings. The first-order chi connectivity index (χ1) is 6.77. The lowest BCUT2D eigenvalue weighted by molar-refractivity contribution is -0.133. The van der Waals surface area contributed by atoms with Crippen molar-refractivity contribution in [2.75, 3.05) is 6.54 Å². The van der Waals surface area contributed by atoms with Crippen molar-refractivity contribution in [1.29, 1.82) is 0 Å². The van der Waals surface area contributed by atoms with Crippen LogP contribution in [0.5, 0.6) is 0 Å². The lowest BCUT2D eigenvalue weighted by Gasteiger charge is -2.26. The molecular weight excluding hydrogens is 262 g/mol. The van der Waals surface area contributed by atoms with Crippen LogP contribution in [0.1, 0.15) is 24.1 Å². The van der Waals surface area contributed by atoms with Crippen LogP contribution in [-0.4, -0.2) is 17.4 Å². The molecule has 0 bridgehead atoms. The molecule has 2 heterocycles. The van der Waals surface area contributed by atoms with Crippen LogP contribution in [0.3, 0.4) is 0 Å². The Morgan fingerprint density at radius 2 is 2.36 bits per heavy atom. The van der Waals surface area contributed by atoms with Gasteiger partial charge in [0, 0.05) is 22.3 Å². The summed E-state index contributed by atoms with van der Waals surface area (Å²) in [6.07, 6.45) is 2.93. The molecule has 0 atom stereocenters. The van der Waals surface area contributed by atoms with Crippen LogP contribution in [0, 0.1) is 0 Å². The molecule has 76 valence electrons. The highest BCUT2D eigenvalue weighted by molar-refractivity contribution is 9.10. The first-order valence-corrected chi connectivity index (χ1v) is 6.44. The van der Waals surface area contributed by atoms with E-state index in [1.54, 1.807) is 11.3 Å². The van der Waals surface area contributed by atoms with Crippen molar-refractivity contribution in [3.8, 4) is 0 Å². The lowest BCUT2D eigenvalue weighted by atomic mass is 10.1. The fourth-order valence-electron chi connectivity index (χ4n) is 1.64. The third-order valence-corrected chi connectivity index (χ3v) is 4.36. The minimum atomic E-state index is 0.302. The van der Waals surface area contributed by atoms with E-state index >= 15 is 0 Å². The summed E-state index contributed by atoms with van der Waals surface area (Å²) in [7, 11) is 0. The van der Waals surface area contributed by atoms with Crippen LogP contribution in [0.4, 0.5) is 0 Å². The van der Waals surface area contributed by atoms with Crippen molar-refractivity contribution in [3.05, 3.63) is 20.8 Å². The Balaban J connectivity index is 2.03. The van der Waals surface area contributed by atoms with Crippen molar-refractivity contribution in [2.45, 2.75) is 25.8 Å². The molecule has 0 radical (unpaired) electrons. The maximum atomic E-state index is 11.5. The highest BCUT2D eigenvalue weighted by atomic mass is 79.9. The van der Waals surface area contributed by atoms with Gasteiger partial charge in [-0.2, -0.15) is 0 Å². The lowest BCUT2D eigenvalue weighted by Crippen LogP contribution is -2.34. The molecule has 0 aliphatic carbocycles. The molecule has 14 heavy (non-hydrogen) atoms. The zero-order valence-corrected chi connectivity index (χ0v) is 10.2. The number of halogens is 1. The van der Waals surface area contributed by atoms with Crippen molar-refractivity contribution < 1.29 is 4.79 Å². The summed E-state index contributed by atoms with van der Waals surface area (Å²) < 4.78 is 1.13. The standard InChI is InChI=1S/C10H12BrNOS/c11-8-4-6-14-9(8)7-12-5-2-1-3-10(12)13/h4,6H,1-3,5,7H2. The molecule has 4 heteroatoms. The number of rotatable bonds is 2. The molecule has 2 nitrogen and oxygen atoms in total. The average molecular weight is 274 g/mol. The molecule has 1 aromatic heterocycles. The number of carbonyl (C=O) groups excluding carboxylic acids is 1. The number of piperidine rings is 1. The van der Waals surface area contributed by atoms with Gasteiger partial charge in [0.15, 0.2) is 0 Å². The highest BCUT2D eigenvalue weighted by Gasteiger charge is 2.19. The van der Waals surface area contributed by atoms with Gasteiger partial charge < -0.3 is 4.90 Å². The van der Waals surface area contributed by atoms with E-state index in [1.165, 1.54) is 4.88 Å². The Labute approximate surface area is 96.0 Å². The number of hydrogen-bond donors (Lipinski definition) is 0. The zero-order chi connectivity index (χ0) is 9.97. The summed E-state index contributed by atoms with van der Waals surface area (Å²) in [6.45, 7) is 1.69. The Morgan fingerprint density at radius 3 is 3.00 bits per heavy atom. The van der Waals surface area contributed by atoms with Gasteiger partial charge in [0.05, 0.1) is 6.54 Å². The van der Waals surface area contributed by atoms with Crippen molar-refractivity contribution in [1.82, 2.24) is 4.90 Å². The molecule has 0 aromatic carbocycles. The minimum absolute atomic E-state index is 0.302. The largest absolute Gasteiger partial charge is 0.338 e. The predicted octanol–water partition coefficient (Wildman–Crippen LogP) is 3.02. The number of amides is 1. The summed E-state index contributed by atoms with van der Waals surface area (Å²) in [4.78, 5) is 14.8. The van der Waals surface area contributed by atoms with Gasteiger partial charge >= 0.3 is 0 Å². The number of thiophene rings is 1. The van der Waals surface area contributed by atoms with Crippen LogP contribution in [0.25, 0.3) is 0 Å². The molecule has 1 aliphatic heterocycles. The van der Waals surface area contributed by atoms with Gasteiger partial charge in [-0.1, -0.05) is 0 Å². The Bertz CT molecular complexity index is 337. The van der Waals surface area contributed by atoms with Crippen molar-refractivity contribution in [2.24, 2.45) is 0 Å². The predicted molar refractivity (Wildman–Crippen MR) is 61.3 cm³/mol. The molecule has 0 spiro atoms. The topological polar surface area (TPSA) is 20.3 Å². The molecule has 1 saturated heterocycles. The smallest absolute Gasteiger partial charge is 0.222 e. The Hall–Kier alpha value is -0.350. The molecule has 1 fully saturated rings. The van der Waals surface area contributed by atoms with Gasteiger partial charge in [-0.3, -0.25) is 4.79 Å². The van der Waals surface area contributed by atoms with Gasteiger partial charge in [-0.25, -0.2) is 0 Å². The van der Waals surface area contributed by atoms with E-state index in [9.17, 15) is 4.79 Å². The number of carbonyl (C=O) groups is 1. The minimum Gasteiger partial charge on any atom is -0.338 e. The first kappa shape index (κ1) is 10.2. The second kappa shape index (κ2) is 4.45. The monoisotopic (exact) mass is 273 g/mol. The normalized spacial score (nSPS) is 17.5. The quantitative estimate of drug-likeness (QED) is 0.811. The van der Waals surface area contributed by atoms with Gasteiger partial charge in [0.2, 0.25) is 5.91 Å². The second-order valence-electron chi connectivity index (χ2n) is 3.46. The third-order valence-electron chi connectivity index (χ3n) is 2.45. The van der Waals surface area contributed by atoms with E-state index in [0.29, 0.717) is 5.91 Å². The average Bonchev–Trinajstić information content (AvgIpc) is 2.56. The summed E-state index contributed by atoms with van der Waals surface area (Å²) in [5.41, 5.74) is 0. The summed E-state index contributed by atoms with van der Waals surface area (Å²) in [6, 6.07) is 2.04. The van der Waals surface area contributed by atoms with Gasteiger partial charge in [-0.05, 0) is 40.2 Å². The van der Waals surface area contributed by atoms with Crippen LogP contribution in [0.15, 0.2) is 15.9 Å². The molecular formula is C10H12BrNOS. The van der Waals surface area contributed by atoms with Crippen LogP contribution in [0.2, 0.25) is 0 Å². The Kier molecular flexibility index (Phi) is 3.23. The molecule has 2 rings (SSSR count). The molecule has 0 unspecified atom stereocenters. The van der Waals surface area contributed by atoms with Crippen LogP contribution >= 0.6 is 27.3 Å². The SMILES string of the molecule is O=C1CCCCN1Cc1sccc1Br. The van der Waals surface area contributed by atoms with Gasteiger partial charge in [0.1, 0.15) is 0 Å². The maximum Gasteiger partial charge on any atom is 0.222 e. The first-order valence-electron chi connectivity index (χ1n) is 4.77. The number of hydrogen-bond acceptors (Lipinski definition) is 2. The molecule has 0 N–H and O–H groups in total. The maximum absolute atomic E-state index is 11.5. The van der Waals surface area contributed by atoms with E-state index in [-0.39, 0.29) is 0 Å². The zero-order valence-electron chi connectivity index (χ0n) is 7.83.